The van der Waals surface area contributed by atoms with Crippen molar-refractivity contribution in [1.29, 1.82) is 0 Å². The van der Waals surface area contributed by atoms with Crippen molar-refractivity contribution < 1.29 is 4.79 Å². The van der Waals surface area contributed by atoms with Crippen LogP contribution in [0.5, 0.6) is 0 Å². The number of allylic oxidation sites excluding steroid dienone is 1. The quantitative estimate of drug-likeness (QED) is 0.682. The van der Waals surface area contributed by atoms with E-state index >= 15 is 0 Å². The van der Waals surface area contributed by atoms with Crippen LogP contribution in [0, 0.1) is 0 Å². The highest BCUT2D eigenvalue weighted by Gasteiger charge is 2.22. The Kier molecular flexibility index (Phi) is 2.36. The third-order valence-electron chi connectivity index (χ3n) is 2.38. The van der Waals surface area contributed by atoms with Gasteiger partial charge in [-0.15, -0.1) is 0 Å². The molecule has 0 aromatic carbocycles. The van der Waals surface area contributed by atoms with Crippen molar-refractivity contribution in [2.24, 2.45) is 0 Å². The minimum Gasteiger partial charge on any atom is -0.304 e. The lowest BCUT2D eigenvalue weighted by Gasteiger charge is -2.26. The Balaban J connectivity index is 2.51. The first kappa shape index (κ1) is 10.2. The lowest BCUT2D eigenvalue weighted by Crippen LogP contribution is -2.39. The summed E-state index contributed by atoms with van der Waals surface area (Å²) >= 11 is 0. The average molecular weight is 217 g/mol. The van der Waals surface area contributed by atoms with Crippen LogP contribution in [0.3, 0.4) is 0 Å². The van der Waals surface area contributed by atoms with Gasteiger partial charge in [-0.3, -0.25) is 19.2 Å². The summed E-state index contributed by atoms with van der Waals surface area (Å²) in [6.45, 7) is 3.64. The van der Waals surface area contributed by atoms with Gasteiger partial charge in [0, 0.05) is 25.5 Å². The normalized spacial score (nSPS) is 15.8. The molecule has 0 bridgehead atoms. The molecule has 5 heteroatoms. The van der Waals surface area contributed by atoms with E-state index in [1.54, 1.807) is 25.4 Å². The topological polar surface area (TPSA) is 54.3 Å². The Hall–Kier alpha value is -2.30. The monoisotopic (exact) mass is 217 g/mol. The summed E-state index contributed by atoms with van der Waals surface area (Å²) in [4.78, 5) is 23.4. The van der Waals surface area contributed by atoms with Gasteiger partial charge in [0.2, 0.25) is 5.78 Å². The number of hydrogen-bond donors (Lipinski definition) is 1. The van der Waals surface area contributed by atoms with Crippen molar-refractivity contribution in [2.45, 2.75) is 0 Å². The fourth-order valence-corrected chi connectivity index (χ4v) is 1.41. The second kappa shape index (κ2) is 3.69. The summed E-state index contributed by atoms with van der Waals surface area (Å²) in [5.74, 6) is -0.269. The number of hydrazine groups is 1. The number of rotatable bonds is 1. The highest BCUT2D eigenvalue weighted by atomic mass is 16.1. The van der Waals surface area contributed by atoms with Crippen LogP contribution in [0.2, 0.25) is 0 Å². The van der Waals surface area contributed by atoms with Gasteiger partial charge >= 0.3 is 0 Å². The van der Waals surface area contributed by atoms with Crippen LogP contribution < -0.4 is 11.0 Å². The zero-order chi connectivity index (χ0) is 11.7. The predicted octanol–water partition coefficient (Wildman–Crippen LogP) is 0.180. The molecule has 0 spiro atoms. The maximum atomic E-state index is 11.9. The number of aromatic nitrogens is 1. The number of Topliss-reactive ketones (excluding diaryl/α,β-unsaturated/α-hetero) is 1. The van der Waals surface area contributed by atoms with Gasteiger partial charge in [-0.1, -0.05) is 12.6 Å². The van der Waals surface area contributed by atoms with Crippen molar-refractivity contribution in [3.8, 4) is 0 Å². The fraction of sp³-hybridized carbons (Fsp3) is 0.0909. The Labute approximate surface area is 92.3 Å². The van der Waals surface area contributed by atoms with Crippen LogP contribution in [0.1, 0.15) is 0 Å². The lowest BCUT2D eigenvalue weighted by molar-refractivity contribution is -0.112. The van der Waals surface area contributed by atoms with Crippen LogP contribution in [-0.2, 0) is 4.79 Å². The van der Waals surface area contributed by atoms with E-state index in [2.05, 4.69) is 12.0 Å². The Morgan fingerprint density at radius 3 is 2.75 bits per heavy atom. The van der Waals surface area contributed by atoms with Crippen molar-refractivity contribution in [3.63, 3.8) is 0 Å². The highest BCUT2D eigenvalue weighted by Crippen LogP contribution is 2.13. The molecule has 0 radical (unpaired) electrons. The first-order valence-corrected chi connectivity index (χ1v) is 4.73. The Morgan fingerprint density at radius 1 is 1.31 bits per heavy atom. The first-order valence-electron chi connectivity index (χ1n) is 4.73. The molecule has 2 heterocycles. The van der Waals surface area contributed by atoms with E-state index < -0.39 is 0 Å². The molecule has 1 aliphatic rings. The number of carbonyl (C=O) groups is 1. The van der Waals surface area contributed by atoms with E-state index in [4.69, 9.17) is 0 Å². The molecular formula is C11H11N3O2. The summed E-state index contributed by atoms with van der Waals surface area (Å²) in [5.41, 5.74) is 3.15. The molecule has 0 fully saturated rings. The molecular weight excluding hydrogens is 206 g/mol. The van der Waals surface area contributed by atoms with Crippen LogP contribution in [0.25, 0.3) is 5.70 Å². The molecule has 16 heavy (non-hydrogen) atoms. The molecule has 1 N–H and O–H groups in total. The number of nitrogens with zero attached hydrogens (tertiary/aromatic N) is 2. The number of likely N-dealkylation sites (N-methyl/N-ethyl adjacent to an activating group) is 1. The number of carbonyl (C=O) groups excluding carboxylic acids is 1. The second-order valence-electron chi connectivity index (χ2n) is 3.40. The number of hydrogen-bond acceptors (Lipinski definition) is 4. The minimum atomic E-state index is -0.269. The summed E-state index contributed by atoms with van der Waals surface area (Å²) in [7, 11) is 1.68. The van der Waals surface area contributed by atoms with E-state index in [1.165, 1.54) is 21.8 Å². The van der Waals surface area contributed by atoms with E-state index in [0.29, 0.717) is 5.70 Å². The van der Waals surface area contributed by atoms with Gasteiger partial charge < -0.3 is 5.43 Å². The number of nitrogens with one attached hydrogen (secondary N) is 1. The van der Waals surface area contributed by atoms with Gasteiger partial charge in [-0.05, 0) is 6.07 Å². The van der Waals surface area contributed by atoms with Crippen LogP contribution in [-0.4, -0.2) is 22.4 Å². The molecule has 0 atom stereocenters. The van der Waals surface area contributed by atoms with Gasteiger partial charge in [-0.25, -0.2) is 0 Å². The molecule has 0 unspecified atom stereocenters. The molecule has 0 saturated carbocycles. The van der Waals surface area contributed by atoms with Crippen LogP contribution in [0.15, 0.2) is 47.7 Å². The van der Waals surface area contributed by atoms with Crippen LogP contribution in [0.4, 0.5) is 0 Å². The highest BCUT2D eigenvalue weighted by molar-refractivity contribution is 6.24. The Bertz CT molecular complexity index is 542. The lowest BCUT2D eigenvalue weighted by atomic mass is 10.2. The smallest absolute Gasteiger partial charge is 0.255 e. The molecule has 2 rings (SSSR count). The summed E-state index contributed by atoms with van der Waals surface area (Å²) in [6.07, 6.45) is 3.03. The van der Waals surface area contributed by atoms with Crippen molar-refractivity contribution >= 4 is 11.5 Å². The molecule has 5 nitrogen and oxygen atoms in total. The van der Waals surface area contributed by atoms with Gasteiger partial charge in [-0.2, -0.15) is 0 Å². The molecule has 1 aromatic heterocycles. The zero-order valence-corrected chi connectivity index (χ0v) is 8.80. The maximum absolute atomic E-state index is 11.9. The van der Waals surface area contributed by atoms with Gasteiger partial charge in [0.25, 0.3) is 5.56 Å². The molecule has 1 aromatic rings. The predicted molar refractivity (Wildman–Crippen MR) is 60.0 cm³/mol. The summed E-state index contributed by atoms with van der Waals surface area (Å²) in [5, 5.41) is 1.50. The van der Waals surface area contributed by atoms with E-state index in [9.17, 15) is 9.59 Å². The van der Waals surface area contributed by atoms with Crippen LogP contribution >= 0.6 is 0 Å². The van der Waals surface area contributed by atoms with Crippen molar-refractivity contribution in [2.75, 3.05) is 7.05 Å². The molecule has 0 aliphatic carbocycles. The minimum absolute atomic E-state index is 0.249. The number of ketones is 1. The van der Waals surface area contributed by atoms with Gasteiger partial charge in [0.1, 0.15) is 5.70 Å². The molecule has 0 amide bonds. The SMILES string of the molecule is C=C1C(=O)C(n2ccccc2=O)=CNN1C. The molecule has 1 aliphatic heterocycles. The standard InChI is InChI=1S/C11H11N3O2/c1-8-11(16)9(7-12-13(8)2)14-6-4-3-5-10(14)15/h3-7,12H,1H2,2H3. The maximum Gasteiger partial charge on any atom is 0.255 e. The van der Waals surface area contributed by atoms with Crippen molar-refractivity contribution in [3.05, 3.63) is 53.2 Å². The third kappa shape index (κ3) is 1.52. The average Bonchev–Trinajstić information content (AvgIpc) is 2.28. The largest absolute Gasteiger partial charge is 0.304 e. The fourth-order valence-electron chi connectivity index (χ4n) is 1.41. The summed E-state index contributed by atoms with van der Waals surface area (Å²) < 4.78 is 1.29. The summed E-state index contributed by atoms with van der Waals surface area (Å²) in [6, 6.07) is 4.72. The zero-order valence-electron chi connectivity index (χ0n) is 8.80. The van der Waals surface area contributed by atoms with Crippen molar-refractivity contribution in [1.82, 2.24) is 15.0 Å². The number of pyridine rings is 1. The van der Waals surface area contributed by atoms with Gasteiger partial charge in [0.05, 0.1) is 5.70 Å². The first-order chi connectivity index (χ1) is 7.61. The Morgan fingerprint density at radius 2 is 2.06 bits per heavy atom. The molecule has 0 saturated heterocycles. The molecule has 82 valence electrons. The van der Waals surface area contributed by atoms with E-state index in [1.807, 2.05) is 0 Å². The van der Waals surface area contributed by atoms with Gasteiger partial charge in [0.15, 0.2) is 0 Å². The van der Waals surface area contributed by atoms with E-state index in [0.717, 1.165) is 0 Å². The third-order valence-corrected chi connectivity index (χ3v) is 2.38. The van der Waals surface area contributed by atoms with E-state index in [-0.39, 0.29) is 17.0 Å². The second-order valence-corrected chi connectivity index (χ2v) is 3.40.